The van der Waals surface area contributed by atoms with Crippen molar-refractivity contribution >= 4 is 5.57 Å². The van der Waals surface area contributed by atoms with Crippen LogP contribution in [0.5, 0.6) is 0 Å². The quantitative estimate of drug-likeness (QED) is 0.676. The highest BCUT2D eigenvalue weighted by atomic mass is 15.2. The molecule has 0 aliphatic carbocycles. The molecule has 1 saturated heterocycles. The molecule has 0 radical (unpaired) electrons. The predicted octanol–water partition coefficient (Wildman–Crippen LogP) is 5.77. The van der Waals surface area contributed by atoms with Gasteiger partial charge >= 0.3 is 0 Å². The van der Waals surface area contributed by atoms with E-state index in [1.54, 1.807) is 0 Å². The summed E-state index contributed by atoms with van der Waals surface area (Å²) in [5.74, 6) is 0. The van der Waals surface area contributed by atoms with Crippen LogP contribution in [0.1, 0.15) is 50.7 Å². The van der Waals surface area contributed by atoms with Gasteiger partial charge in [0, 0.05) is 18.6 Å². The molecule has 2 aromatic rings. The molecule has 1 aliphatic rings. The van der Waals surface area contributed by atoms with E-state index in [2.05, 4.69) is 85.5 Å². The van der Waals surface area contributed by atoms with Gasteiger partial charge in [0.05, 0.1) is 0 Å². The minimum absolute atomic E-state index is 0.721. The largest absolute Gasteiger partial charge is 0.298 e. The van der Waals surface area contributed by atoms with E-state index in [0.29, 0.717) is 0 Å². The zero-order valence-corrected chi connectivity index (χ0v) is 15.0. The Labute approximate surface area is 147 Å². The summed E-state index contributed by atoms with van der Waals surface area (Å²) in [5, 5.41) is 0. The van der Waals surface area contributed by atoms with Gasteiger partial charge in [-0.15, -0.1) is 0 Å². The van der Waals surface area contributed by atoms with E-state index in [-0.39, 0.29) is 0 Å². The molecule has 24 heavy (non-hydrogen) atoms. The first-order valence-electron chi connectivity index (χ1n) is 9.32. The van der Waals surface area contributed by atoms with Crippen molar-refractivity contribution < 1.29 is 0 Å². The van der Waals surface area contributed by atoms with Crippen LogP contribution in [0.25, 0.3) is 5.57 Å². The van der Waals surface area contributed by atoms with Gasteiger partial charge in [-0.1, -0.05) is 73.2 Å². The maximum absolute atomic E-state index is 2.69. The number of nitrogens with zero attached hydrogens (tertiary/aromatic N) is 1. The number of likely N-dealkylation sites (tertiary alicyclic amines) is 1. The first kappa shape index (κ1) is 17.0. The molecule has 0 saturated carbocycles. The van der Waals surface area contributed by atoms with Gasteiger partial charge in [0.15, 0.2) is 0 Å². The molecule has 1 heteroatoms. The second kappa shape index (κ2) is 8.30. The summed E-state index contributed by atoms with van der Waals surface area (Å²) >= 11 is 0. The first-order valence-corrected chi connectivity index (χ1v) is 9.32. The van der Waals surface area contributed by atoms with Crippen molar-refractivity contribution in [2.45, 2.75) is 51.6 Å². The van der Waals surface area contributed by atoms with E-state index in [9.17, 15) is 0 Å². The summed E-state index contributed by atoms with van der Waals surface area (Å²) in [7, 11) is 0. The van der Waals surface area contributed by atoms with Crippen molar-refractivity contribution in [1.82, 2.24) is 4.90 Å². The fraction of sp³-hybridized carbons (Fsp3) is 0.391. The van der Waals surface area contributed by atoms with Crippen LogP contribution in [0, 0.1) is 0 Å². The highest BCUT2D eigenvalue weighted by Gasteiger charge is 2.23. The molecule has 2 aromatic carbocycles. The highest BCUT2D eigenvalue weighted by molar-refractivity contribution is 5.79. The molecule has 1 heterocycles. The lowest BCUT2D eigenvalue weighted by molar-refractivity contribution is 0.106. The van der Waals surface area contributed by atoms with E-state index in [0.717, 1.165) is 25.0 Å². The number of hydrogen-bond donors (Lipinski definition) is 0. The second-order valence-corrected chi connectivity index (χ2v) is 7.01. The van der Waals surface area contributed by atoms with Crippen LogP contribution < -0.4 is 0 Å². The SMILES string of the molecule is C[C@@H]1CCC[C@H](C)N1CCC=C(c1ccccc1)c1ccccc1. The van der Waals surface area contributed by atoms with Crippen LogP contribution in [0.3, 0.4) is 0 Å². The van der Waals surface area contributed by atoms with Crippen LogP contribution in [-0.4, -0.2) is 23.5 Å². The molecule has 0 aromatic heterocycles. The lowest BCUT2D eigenvalue weighted by atomic mass is 9.95. The molecule has 0 N–H and O–H groups in total. The highest BCUT2D eigenvalue weighted by Crippen LogP contribution is 2.26. The molecule has 1 nitrogen and oxygen atoms in total. The van der Waals surface area contributed by atoms with Crippen molar-refractivity contribution in [3.05, 3.63) is 77.9 Å². The second-order valence-electron chi connectivity index (χ2n) is 7.01. The van der Waals surface area contributed by atoms with Crippen molar-refractivity contribution in [2.75, 3.05) is 6.54 Å². The Balaban J connectivity index is 1.77. The molecular formula is C23H29N. The van der Waals surface area contributed by atoms with Crippen molar-refractivity contribution in [3.63, 3.8) is 0 Å². The lowest BCUT2D eigenvalue weighted by Crippen LogP contribution is -2.43. The third-order valence-electron chi connectivity index (χ3n) is 5.28. The average molecular weight is 319 g/mol. The van der Waals surface area contributed by atoms with Gasteiger partial charge in [-0.2, -0.15) is 0 Å². The van der Waals surface area contributed by atoms with E-state index < -0.39 is 0 Å². The first-order chi connectivity index (χ1) is 11.8. The summed E-state index contributed by atoms with van der Waals surface area (Å²) in [4.78, 5) is 2.69. The molecule has 126 valence electrons. The van der Waals surface area contributed by atoms with Crippen LogP contribution >= 0.6 is 0 Å². The zero-order chi connectivity index (χ0) is 16.8. The lowest BCUT2D eigenvalue weighted by Gasteiger charge is -2.38. The van der Waals surface area contributed by atoms with E-state index in [1.165, 1.54) is 36.0 Å². The summed E-state index contributed by atoms with van der Waals surface area (Å²) in [6.45, 7) is 5.93. The molecular weight excluding hydrogens is 290 g/mol. The number of piperidine rings is 1. The Hall–Kier alpha value is -1.86. The Kier molecular flexibility index (Phi) is 5.87. The van der Waals surface area contributed by atoms with Gasteiger partial charge in [-0.3, -0.25) is 4.90 Å². The molecule has 0 spiro atoms. The Morgan fingerprint density at radius 2 is 1.38 bits per heavy atom. The van der Waals surface area contributed by atoms with Crippen LogP contribution in [0.2, 0.25) is 0 Å². The van der Waals surface area contributed by atoms with Gasteiger partial charge in [-0.25, -0.2) is 0 Å². The molecule has 3 rings (SSSR count). The standard InChI is InChI=1S/C23H29N/c1-19-11-9-12-20(2)24(19)18-10-17-23(21-13-5-3-6-14-21)22-15-7-4-8-16-22/h3-8,13-17,19-20H,9-12,18H2,1-2H3/t19-,20+. The topological polar surface area (TPSA) is 3.24 Å². The number of rotatable bonds is 5. The van der Waals surface area contributed by atoms with Gasteiger partial charge < -0.3 is 0 Å². The fourth-order valence-corrected chi connectivity index (χ4v) is 3.91. The molecule has 0 amide bonds. The molecule has 1 aliphatic heterocycles. The molecule has 0 unspecified atom stereocenters. The summed E-state index contributed by atoms with van der Waals surface area (Å²) < 4.78 is 0. The predicted molar refractivity (Wildman–Crippen MR) is 104 cm³/mol. The van der Waals surface area contributed by atoms with Gasteiger partial charge in [0.25, 0.3) is 0 Å². The Bertz CT molecular complexity index is 593. The Morgan fingerprint density at radius 3 is 1.88 bits per heavy atom. The van der Waals surface area contributed by atoms with Gasteiger partial charge in [0.1, 0.15) is 0 Å². The number of benzene rings is 2. The molecule has 0 bridgehead atoms. The van der Waals surface area contributed by atoms with Gasteiger partial charge in [-0.05, 0) is 49.8 Å². The number of hydrogen-bond acceptors (Lipinski definition) is 1. The molecule has 1 fully saturated rings. The zero-order valence-electron chi connectivity index (χ0n) is 15.0. The Morgan fingerprint density at radius 1 is 0.875 bits per heavy atom. The minimum atomic E-state index is 0.721. The van der Waals surface area contributed by atoms with Crippen molar-refractivity contribution in [3.8, 4) is 0 Å². The monoisotopic (exact) mass is 319 g/mol. The summed E-state index contributed by atoms with van der Waals surface area (Å²) in [6.07, 6.45) is 7.61. The van der Waals surface area contributed by atoms with Gasteiger partial charge in [0.2, 0.25) is 0 Å². The third-order valence-corrected chi connectivity index (χ3v) is 5.28. The van der Waals surface area contributed by atoms with Crippen LogP contribution in [-0.2, 0) is 0 Å². The maximum Gasteiger partial charge on any atom is 0.00698 e. The fourth-order valence-electron chi connectivity index (χ4n) is 3.91. The van der Waals surface area contributed by atoms with Crippen molar-refractivity contribution in [1.29, 1.82) is 0 Å². The van der Waals surface area contributed by atoms with E-state index >= 15 is 0 Å². The third kappa shape index (κ3) is 4.15. The minimum Gasteiger partial charge on any atom is -0.298 e. The average Bonchev–Trinajstić information content (AvgIpc) is 2.62. The molecule has 2 atom stereocenters. The summed E-state index contributed by atoms with van der Waals surface area (Å²) in [6, 6.07) is 23.0. The normalized spacial score (nSPS) is 21.4. The van der Waals surface area contributed by atoms with E-state index in [4.69, 9.17) is 0 Å². The smallest absolute Gasteiger partial charge is 0.00698 e. The van der Waals surface area contributed by atoms with Crippen LogP contribution in [0.4, 0.5) is 0 Å². The maximum atomic E-state index is 2.69. The summed E-state index contributed by atoms with van der Waals surface area (Å²) in [5.41, 5.74) is 3.97. The van der Waals surface area contributed by atoms with E-state index in [1.807, 2.05) is 0 Å². The van der Waals surface area contributed by atoms with Crippen molar-refractivity contribution in [2.24, 2.45) is 0 Å². The van der Waals surface area contributed by atoms with Crippen LogP contribution in [0.15, 0.2) is 66.7 Å².